The summed E-state index contributed by atoms with van der Waals surface area (Å²) in [7, 11) is 0. The van der Waals surface area contributed by atoms with Crippen LogP contribution >= 0.6 is 11.3 Å². The molecule has 4 aliphatic heterocycles. The molecular weight excluding hydrogens is 668 g/mol. The van der Waals surface area contributed by atoms with E-state index >= 15 is 0 Å². The van der Waals surface area contributed by atoms with Gasteiger partial charge >= 0.3 is 0 Å². The molecule has 6 aromatic carbocycles. The number of para-hydroxylation sites is 1. The lowest BCUT2D eigenvalue weighted by molar-refractivity contribution is 0.456. The quantitative estimate of drug-likeness (QED) is 0.160. The largest absolute Gasteiger partial charge is 0.458 e. The maximum Gasteiger partial charge on any atom is 0.260 e. The van der Waals surface area contributed by atoms with Crippen molar-refractivity contribution in [3.63, 3.8) is 0 Å². The van der Waals surface area contributed by atoms with E-state index in [0.29, 0.717) is 0 Å². The van der Waals surface area contributed by atoms with Gasteiger partial charge in [-0.1, -0.05) is 108 Å². The number of nitrogens with zero attached hydrogens (tertiary/aromatic N) is 1. The van der Waals surface area contributed by atoms with Crippen LogP contribution in [0.4, 0.5) is 16.4 Å². The number of fused-ring (bicyclic) bond motifs is 10. The molecule has 53 heavy (non-hydrogen) atoms. The number of hydrogen-bond donors (Lipinski definition) is 0. The Hall–Kier alpha value is -5.39. The Labute approximate surface area is 315 Å². The zero-order valence-electron chi connectivity index (χ0n) is 30.7. The molecule has 0 radical (unpaired) electrons. The van der Waals surface area contributed by atoms with Crippen molar-refractivity contribution in [1.29, 1.82) is 0 Å². The van der Waals surface area contributed by atoms with Gasteiger partial charge in [0.1, 0.15) is 34.5 Å². The monoisotopic (exact) mass is 705 g/mol. The van der Waals surface area contributed by atoms with Crippen LogP contribution in [0.25, 0.3) is 10.1 Å². The molecule has 7 heteroatoms. The van der Waals surface area contributed by atoms with E-state index in [1.165, 1.54) is 42.6 Å². The molecule has 0 fully saturated rings. The fourth-order valence-corrected chi connectivity index (χ4v) is 10.7. The molecule has 256 valence electrons. The molecule has 4 nitrogen and oxygen atoms in total. The smallest absolute Gasteiger partial charge is 0.260 e. The standard InChI is InChI=1S/C46H37B2NO3S/c1-45(2,3)26-20-22-27(23-21-26)49-33-15-10-17-35-41(33)48(40-28-12-9-13-29(46(4,5)6)43(28)53-44(40)49)32-24-31-38(25-39(32)51-35)52-37-19-11-18-36-42(37)47(31)30-14-7-8-16-34(30)50-36/h7-25H,1-6H3. The molecule has 0 bridgehead atoms. The number of benzene rings is 6. The first-order chi connectivity index (χ1) is 25.5. The maximum absolute atomic E-state index is 6.96. The molecule has 0 unspecified atom stereocenters. The Kier molecular flexibility index (Phi) is 6.24. The van der Waals surface area contributed by atoms with E-state index in [1.807, 2.05) is 29.5 Å². The number of rotatable bonds is 1. The van der Waals surface area contributed by atoms with Crippen LogP contribution in [0, 0.1) is 0 Å². The van der Waals surface area contributed by atoms with Gasteiger partial charge in [-0.15, -0.1) is 11.3 Å². The molecule has 5 heterocycles. The summed E-state index contributed by atoms with van der Waals surface area (Å²) in [5.74, 6) is 5.14. The van der Waals surface area contributed by atoms with Gasteiger partial charge < -0.3 is 19.1 Å². The molecule has 1 aromatic heterocycles. The van der Waals surface area contributed by atoms with E-state index in [4.69, 9.17) is 14.2 Å². The van der Waals surface area contributed by atoms with Crippen LogP contribution in [0.15, 0.2) is 115 Å². The summed E-state index contributed by atoms with van der Waals surface area (Å²) in [6, 6.07) is 41.7. The predicted octanol–water partition coefficient (Wildman–Crippen LogP) is 8.63. The summed E-state index contributed by atoms with van der Waals surface area (Å²) in [5.41, 5.74) is 12.1. The number of hydrogen-bond acceptors (Lipinski definition) is 5. The second-order valence-corrected chi connectivity index (χ2v) is 17.9. The van der Waals surface area contributed by atoms with Gasteiger partial charge in [-0.2, -0.15) is 0 Å². The lowest BCUT2D eigenvalue weighted by Gasteiger charge is -2.39. The summed E-state index contributed by atoms with van der Waals surface area (Å²) in [6.45, 7) is 13.7. The summed E-state index contributed by atoms with van der Waals surface area (Å²) >= 11 is 1.92. The average molecular weight is 705 g/mol. The number of ether oxygens (including phenoxy) is 3. The zero-order chi connectivity index (χ0) is 36.0. The van der Waals surface area contributed by atoms with Crippen LogP contribution in [0.2, 0.25) is 0 Å². The first-order valence-corrected chi connectivity index (χ1v) is 19.4. The van der Waals surface area contributed by atoms with E-state index in [9.17, 15) is 0 Å². The normalized spacial score (nSPS) is 14.6. The summed E-state index contributed by atoms with van der Waals surface area (Å²) < 4.78 is 21.5. The van der Waals surface area contributed by atoms with E-state index < -0.39 is 0 Å². The molecular formula is C46H37B2NO3S. The van der Waals surface area contributed by atoms with Crippen molar-refractivity contribution in [3.05, 3.63) is 126 Å². The van der Waals surface area contributed by atoms with Gasteiger partial charge in [0, 0.05) is 27.6 Å². The maximum atomic E-state index is 6.96. The van der Waals surface area contributed by atoms with Gasteiger partial charge in [0.05, 0.1) is 5.00 Å². The molecule has 0 aliphatic carbocycles. The van der Waals surface area contributed by atoms with Gasteiger partial charge in [-0.25, -0.2) is 0 Å². The minimum atomic E-state index is -0.0361. The Bertz CT molecular complexity index is 2700. The highest BCUT2D eigenvalue weighted by molar-refractivity contribution is 7.26. The molecule has 11 rings (SSSR count). The lowest BCUT2D eigenvalue weighted by Crippen LogP contribution is -2.62. The van der Waals surface area contributed by atoms with Crippen molar-refractivity contribution >= 4 is 84.0 Å². The average Bonchev–Trinajstić information content (AvgIpc) is 3.52. The predicted molar refractivity (Wildman–Crippen MR) is 223 cm³/mol. The second kappa shape index (κ2) is 10.6. The third-order valence-corrected chi connectivity index (χ3v) is 12.8. The number of anilines is 3. The zero-order valence-corrected chi connectivity index (χ0v) is 31.5. The van der Waals surface area contributed by atoms with Crippen molar-refractivity contribution in [2.45, 2.75) is 52.4 Å². The molecule has 0 N–H and O–H groups in total. The summed E-state index contributed by atoms with van der Waals surface area (Å²) in [4.78, 5) is 2.49. The van der Waals surface area contributed by atoms with Crippen LogP contribution in [0.5, 0.6) is 34.5 Å². The first kappa shape index (κ1) is 31.2. The summed E-state index contributed by atoms with van der Waals surface area (Å²) in [5, 5.41) is 2.57. The van der Waals surface area contributed by atoms with Gasteiger partial charge in [0.15, 0.2) is 0 Å². The molecule has 7 aromatic rings. The molecule has 0 atom stereocenters. The first-order valence-electron chi connectivity index (χ1n) is 18.6. The molecule has 4 aliphatic rings. The van der Waals surface area contributed by atoms with Crippen molar-refractivity contribution < 1.29 is 14.2 Å². The van der Waals surface area contributed by atoms with Crippen molar-refractivity contribution in [3.8, 4) is 34.5 Å². The van der Waals surface area contributed by atoms with E-state index in [1.54, 1.807) is 0 Å². The van der Waals surface area contributed by atoms with Gasteiger partial charge in [-0.3, -0.25) is 0 Å². The van der Waals surface area contributed by atoms with Crippen LogP contribution in [-0.2, 0) is 10.8 Å². The van der Waals surface area contributed by atoms with Crippen molar-refractivity contribution in [1.82, 2.24) is 0 Å². The van der Waals surface area contributed by atoms with Gasteiger partial charge in [0.25, 0.3) is 13.4 Å². The van der Waals surface area contributed by atoms with Crippen LogP contribution in [0.3, 0.4) is 0 Å². The second-order valence-electron chi connectivity index (χ2n) is 16.9. The van der Waals surface area contributed by atoms with Gasteiger partial charge in [0.2, 0.25) is 0 Å². The fourth-order valence-electron chi connectivity index (χ4n) is 9.06. The highest BCUT2D eigenvalue weighted by Gasteiger charge is 2.47. The van der Waals surface area contributed by atoms with Crippen LogP contribution in [0.1, 0.15) is 52.7 Å². The topological polar surface area (TPSA) is 30.9 Å². The molecule has 0 saturated carbocycles. The third kappa shape index (κ3) is 4.37. The molecule has 0 amide bonds. The molecule has 0 saturated heterocycles. The Morgan fingerprint density at radius 1 is 0.509 bits per heavy atom. The number of thiophene rings is 1. The Morgan fingerprint density at radius 2 is 1.13 bits per heavy atom. The van der Waals surface area contributed by atoms with Crippen molar-refractivity contribution in [2.24, 2.45) is 0 Å². The van der Waals surface area contributed by atoms with E-state index in [-0.39, 0.29) is 24.3 Å². The van der Waals surface area contributed by atoms with Crippen LogP contribution < -0.4 is 51.9 Å². The Balaban J connectivity index is 1.19. The van der Waals surface area contributed by atoms with Crippen LogP contribution in [-0.4, -0.2) is 13.4 Å². The SMILES string of the molecule is CC(C)(C)c1ccc(N2c3cccc4c3B(c3cc5c(cc3O4)Oc3cccc4c3B5c3ccccc3O4)c3c2sc2c(C(C)(C)C)cccc32)cc1. The summed E-state index contributed by atoms with van der Waals surface area (Å²) in [6.07, 6.45) is 0. The van der Waals surface area contributed by atoms with Crippen molar-refractivity contribution in [2.75, 3.05) is 4.90 Å². The fraction of sp³-hybridized carbons (Fsp3) is 0.174. The minimum absolute atomic E-state index is 0.0182. The third-order valence-electron chi connectivity index (χ3n) is 11.6. The molecule has 0 spiro atoms. The lowest BCUT2D eigenvalue weighted by atomic mass is 9.31. The highest BCUT2D eigenvalue weighted by Crippen LogP contribution is 2.48. The minimum Gasteiger partial charge on any atom is -0.458 e. The van der Waals surface area contributed by atoms with Gasteiger partial charge in [-0.05, 0) is 97.1 Å². The Morgan fingerprint density at radius 3 is 1.85 bits per heavy atom. The van der Waals surface area contributed by atoms with E-state index in [2.05, 4.69) is 144 Å². The highest BCUT2D eigenvalue weighted by atomic mass is 32.1. The van der Waals surface area contributed by atoms with E-state index in [0.717, 1.165) is 62.3 Å².